The van der Waals surface area contributed by atoms with Crippen LogP contribution < -0.4 is 15.4 Å². The first-order chi connectivity index (χ1) is 12.5. The Labute approximate surface area is 147 Å². The molecule has 2 aromatic carbocycles. The predicted molar refractivity (Wildman–Crippen MR) is 92.6 cm³/mol. The maximum atomic E-state index is 13.2. The van der Waals surface area contributed by atoms with Gasteiger partial charge in [0.25, 0.3) is 5.91 Å². The standard InChI is InChI=1S/C18H14F2N4O2/c1-26-13-5-2-11(3-6-13)22-18(25)16-8-9-17(24-23-16)21-12-4-7-14(19)15(20)10-12/h2-10H,1H3,(H,21,24)(H,22,25). The fourth-order valence-electron chi connectivity index (χ4n) is 2.11. The first kappa shape index (κ1) is 17.3. The Kier molecular flexibility index (Phi) is 5.02. The molecule has 1 aromatic heterocycles. The number of carbonyl (C=O) groups excluding carboxylic acids is 1. The summed E-state index contributed by atoms with van der Waals surface area (Å²) in [5.74, 6) is -1.37. The van der Waals surface area contributed by atoms with Gasteiger partial charge in [0.15, 0.2) is 23.1 Å². The molecule has 2 N–H and O–H groups in total. The van der Waals surface area contributed by atoms with E-state index in [0.717, 1.165) is 12.1 Å². The van der Waals surface area contributed by atoms with Crippen LogP contribution in [0.2, 0.25) is 0 Å². The fraction of sp³-hybridized carbons (Fsp3) is 0.0556. The van der Waals surface area contributed by atoms with E-state index in [4.69, 9.17) is 4.74 Å². The van der Waals surface area contributed by atoms with Gasteiger partial charge in [-0.05, 0) is 48.5 Å². The van der Waals surface area contributed by atoms with Gasteiger partial charge in [-0.15, -0.1) is 10.2 Å². The second-order valence-corrected chi connectivity index (χ2v) is 5.24. The number of hydrogen-bond donors (Lipinski definition) is 2. The van der Waals surface area contributed by atoms with Gasteiger partial charge in [0.1, 0.15) is 5.75 Å². The molecule has 132 valence electrons. The summed E-state index contributed by atoms with van der Waals surface area (Å²) in [5.41, 5.74) is 1.01. The summed E-state index contributed by atoms with van der Waals surface area (Å²) in [6.07, 6.45) is 0. The van der Waals surface area contributed by atoms with Crippen LogP contribution in [-0.2, 0) is 0 Å². The first-order valence-electron chi connectivity index (χ1n) is 7.56. The Morgan fingerprint density at radius 3 is 2.27 bits per heavy atom. The SMILES string of the molecule is COc1ccc(NC(=O)c2ccc(Nc3ccc(F)c(F)c3)nn2)cc1. The third-order valence-corrected chi connectivity index (χ3v) is 3.44. The van der Waals surface area contributed by atoms with E-state index in [-0.39, 0.29) is 11.5 Å². The number of rotatable bonds is 5. The van der Waals surface area contributed by atoms with Gasteiger partial charge in [-0.25, -0.2) is 8.78 Å². The summed E-state index contributed by atoms with van der Waals surface area (Å²) in [7, 11) is 1.55. The molecular formula is C18H14F2N4O2. The van der Waals surface area contributed by atoms with Crippen molar-refractivity contribution in [3.8, 4) is 5.75 Å². The lowest BCUT2D eigenvalue weighted by Crippen LogP contribution is -2.14. The molecule has 0 fully saturated rings. The molecule has 0 radical (unpaired) electrons. The topological polar surface area (TPSA) is 76.1 Å². The highest BCUT2D eigenvalue weighted by molar-refractivity contribution is 6.02. The zero-order chi connectivity index (χ0) is 18.5. The summed E-state index contributed by atoms with van der Waals surface area (Å²) in [6.45, 7) is 0. The van der Waals surface area contributed by atoms with Gasteiger partial charge < -0.3 is 15.4 Å². The van der Waals surface area contributed by atoms with E-state index in [9.17, 15) is 13.6 Å². The van der Waals surface area contributed by atoms with Crippen LogP contribution in [0, 0.1) is 11.6 Å². The van der Waals surface area contributed by atoms with Crippen LogP contribution >= 0.6 is 0 Å². The van der Waals surface area contributed by atoms with E-state index in [1.165, 1.54) is 18.2 Å². The molecular weight excluding hydrogens is 342 g/mol. The second kappa shape index (κ2) is 7.56. The molecule has 3 rings (SSSR count). The zero-order valence-electron chi connectivity index (χ0n) is 13.7. The van der Waals surface area contributed by atoms with E-state index >= 15 is 0 Å². The molecule has 6 nitrogen and oxygen atoms in total. The number of aromatic nitrogens is 2. The van der Waals surface area contributed by atoms with Gasteiger partial charge in [0, 0.05) is 17.4 Å². The van der Waals surface area contributed by atoms with Crippen LogP contribution in [-0.4, -0.2) is 23.2 Å². The Hall–Kier alpha value is -3.55. The highest BCUT2D eigenvalue weighted by Gasteiger charge is 2.09. The highest BCUT2D eigenvalue weighted by atomic mass is 19.2. The lowest BCUT2D eigenvalue weighted by molar-refractivity contribution is 0.102. The molecule has 0 unspecified atom stereocenters. The van der Waals surface area contributed by atoms with Crippen LogP contribution in [0.15, 0.2) is 54.6 Å². The average Bonchev–Trinajstić information content (AvgIpc) is 2.66. The van der Waals surface area contributed by atoms with Gasteiger partial charge in [0.2, 0.25) is 0 Å². The largest absolute Gasteiger partial charge is 0.497 e. The molecule has 1 heterocycles. The third kappa shape index (κ3) is 4.10. The van der Waals surface area contributed by atoms with Crippen molar-refractivity contribution in [2.24, 2.45) is 0 Å². The Morgan fingerprint density at radius 1 is 0.923 bits per heavy atom. The summed E-state index contributed by atoms with van der Waals surface area (Å²) < 4.78 is 31.2. The second-order valence-electron chi connectivity index (χ2n) is 5.24. The predicted octanol–water partition coefficient (Wildman–Crippen LogP) is 3.76. The molecule has 0 bridgehead atoms. The third-order valence-electron chi connectivity index (χ3n) is 3.44. The molecule has 26 heavy (non-hydrogen) atoms. The van der Waals surface area contributed by atoms with Gasteiger partial charge >= 0.3 is 0 Å². The van der Waals surface area contributed by atoms with Gasteiger partial charge in [-0.3, -0.25) is 4.79 Å². The molecule has 0 spiro atoms. The minimum Gasteiger partial charge on any atom is -0.497 e. The van der Waals surface area contributed by atoms with E-state index in [0.29, 0.717) is 17.1 Å². The molecule has 0 aliphatic carbocycles. The zero-order valence-corrected chi connectivity index (χ0v) is 13.7. The maximum absolute atomic E-state index is 13.2. The monoisotopic (exact) mass is 356 g/mol. The Morgan fingerprint density at radius 2 is 1.65 bits per heavy atom. The van der Waals surface area contributed by atoms with Crippen LogP contribution in [0.25, 0.3) is 0 Å². The van der Waals surface area contributed by atoms with Crippen molar-refractivity contribution < 1.29 is 18.3 Å². The van der Waals surface area contributed by atoms with Crippen LogP contribution in [0.4, 0.5) is 26.0 Å². The van der Waals surface area contributed by atoms with E-state index in [1.54, 1.807) is 31.4 Å². The van der Waals surface area contributed by atoms with Crippen LogP contribution in [0.5, 0.6) is 5.75 Å². The first-order valence-corrected chi connectivity index (χ1v) is 7.56. The van der Waals surface area contributed by atoms with Crippen molar-refractivity contribution in [3.63, 3.8) is 0 Å². The molecule has 1 amide bonds. The maximum Gasteiger partial charge on any atom is 0.276 e. The van der Waals surface area contributed by atoms with E-state index in [2.05, 4.69) is 20.8 Å². The lowest BCUT2D eigenvalue weighted by Gasteiger charge is -2.07. The molecule has 0 atom stereocenters. The molecule has 3 aromatic rings. The minimum atomic E-state index is -0.974. The highest BCUT2D eigenvalue weighted by Crippen LogP contribution is 2.18. The van der Waals surface area contributed by atoms with Crippen molar-refractivity contribution >= 4 is 23.1 Å². The smallest absolute Gasteiger partial charge is 0.276 e. The van der Waals surface area contributed by atoms with Gasteiger partial charge in [-0.2, -0.15) is 0 Å². The normalized spacial score (nSPS) is 10.3. The summed E-state index contributed by atoms with van der Waals surface area (Å²) >= 11 is 0. The number of halogens is 2. The minimum absolute atomic E-state index is 0.108. The lowest BCUT2D eigenvalue weighted by atomic mass is 10.2. The number of nitrogens with one attached hydrogen (secondary N) is 2. The number of hydrogen-bond acceptors (Lipinski definition) is 5. The molecule has 0 aliphatic heterocycles. The van der Waals surface area contributed by atoms with Crippen molar-refractivity contribution in [2.75, 3.05) is 17.7 Å². The Bertz CT molecular complexity index is 915. The van der Waals surface area contributed by atoms with E-state index in [1.807, 2.05) is 0 Å². The molecule has 0 saturated heterocycles. The number of anilines is 3. The molecule has 0 aliphatic rings. The number of nitrogens with zero attached hydrogens (tertiary/aromatic N) is 2. The summed E-state index contributed by atoms with van der Waals surface area (Å²) in [5, 5.41) is 13.1. The van der Waals surface area contributed by atoms with Crippen LogP contribution in [0.1, 0.15) is 10.5 Å². The van der Waals surface area contributed by atoms with Crippen LogP contribution in [0.3, 0.4) is 0 Å². The summed E-state index contributed by atoms with van der Waals surface area (Å²) in [4.78, 5) is 12.2. The summed E-state index contributed by atoms with van der Waals surface area (Å²) in [6, 6.07) is 13.2. The van der Waals surface area contributed by atoms with Crippen molar-refractivity contribution in [1.82, 2.24) is 10.2 Å². The number of methoxy groups -OCH3 is 1. The Balaban J connectivity index is 1.66. The van der Waals surface area contributed by atoms with Crippen molar-refractivity contribution in [1.29, 1.82) is 0 Å². The van der Waals surface area contributed by atoms with Crippen molar-refractivity contribution in [3.05, 3.63) is 71.9 Å². The average molecular weight is 356 g/mol. The van der Waals surface area contributed by atoms with Crippen molar-refractivity contribution in [2.45, 2.75) is 0 Å². The molecule has 8 heteroatoms. The number of ether oxygens (including phenoxy) is 1. The van der Waals surface area contributed by atoms with Gasteiger partial charge in [-0.1, -0.05) is 0 Å². The number of carbonyl (C=O) groups is 1. The van der Waals surface area contributed by atoms with E-state index < -0.39 is 17.5 Å². The molecule has 0 saturated carbocycles. The fourth-order valence-corrected chi connectivity index (χ4v) is 2.11. The quantitative estimate of drug-likeness (QED) is 0.728. The number of amides is 1. The number of benzene rings is 2. The van der Waals surface area contributed by atoms with Gasteiger partial charge in [0.05, 0.1) is 7.11 Å².